The van der Waals surface area contributed by atoms with Crippen molar-refractivity contribution < 1.29 is 19.1 Å². The lowest BCUT2D eigenvalue weighted by molar-refractivity contribution is -0.158. The maximum Gasteiger partial charge on any atom is 0.315 e. The summed E-state index contributed by atoms with van der Waals surface area (Å²) in [6.45, 7) is 6.37. The fourth-order valence-electron chi connectivity index (χ4n) is 3.12. The lowest BCUT2D eigenvalue weighted by Crippen LogP contribution is -2.36. The minimum absolute atomic E-state index is 0.244. The second-order valence-corrected chi connectivity index (χ2v) is 6.71. The molecule has 132 valence electrons. The highest BCUT2D eigenvalue weighted by Gasteiger charge is 2.38. The highest BCUT2D eigenvalue weighted by atomic mass is 16.5. The van der Waals surface area contributed by atoms with Crippen molar-refractivity contribution in [1.82, 2.24) is 0 Å². The van der Waals surface area contributed by atoms with Gasteiger partial charge in [0.05, 0.1) is 18.4 Å². The summed E-state index contributed by atoms with van der Waals surface area (Å²) < 4.78 is 11.0. The number of hydrogen-bond acceptors (Lipinski definition) is 4. The Hall–Kier alpha value is -1.84. The fourth-order valence-corrected chi connectivity index (χ4v) is 3.12. The topological polar surface area (TPSA) is 52.6 Å². The van der Waals surface area contributed by atoms with Gasteiger partial charge in [0.25, 0.3) is 0 Å². The summed E-state index contributed by atoms with van der Waals surface area (Å²) in [5.41, 5.74) is 1.97. The first-order valence-corrected chi connectivity index (χ1v) is 8.98. The number of benzene rings is 1. The van der Waals surface area contributed by atoms with Crippen molar-refractivity contribution in [3.8, 4) is 5.75 Å². The third-order valence-corrected chi connectivity index (χ3v) is 4.67. The van der Waals surface area contributed by atoms with Crippen LogP contribution < -0.4 is 4.74 Å². The number of rotatable bonds is 6. The first-order chi connectivity index (χ1) is 11.5. The van der Waals surface area contributed by atoms with Crippen LogP contribution in [0.1, 0.15) is 56.6 Å². The molecule has 24 heavy (non-hydrogen) atoms. The third kappa shape index (κ3) is 4.83. The van der Waals surface area contributed by atoms with Crippen molar-refractivity contribution in [2.45, 2.75) is 59.3 Å². The summed E-state index contributed by atoms with van der Waals surface area (Å²) in [7, 11) is 0. The molecule has 0 radical (unpaired) electrons. The molecular weight excluding hydrogens is 304 g/mol. The number of hydrogen-bond donors (Lipinski definition) is 0. The summed E-state index contributed by atoms with van der Waals surface area (Å²) >= 11 is 0. The van der Waals surface area contributed by atoms with Crippen LogP contribution >= 0.6 is 0 Å². The van der Waals surface area contributed by atoms with Crippen molar-refractivity contribution >= 4 is 11.9 Å². The van der Waals surface area contributed by atoms with Crippen molar-refractivity contribution in [2.75, 3.05) is 6.61 Å². The monoisotopic (exact) mass is 332 g/mol. The van der Waals surface area contributed by atoms with Crippen LogP contribution in [0.5, 0.6) is 5.75 Å². The molecular formula is C20H28O4. The second kappa shape index (κ2) is 8.86. The van der Waals surface area contributed by atoms with Gasteiger partial charge in [0.1, 0.15) is 5.75 Å². The molecule has 4 heteroatoms. The molecule has 1 aliphatic carbocycles. The van der Waals surface area contributed by atoms with E-state index >= 15 is 0 Å². The summed E-state index contributed by atoms with van der Waals surface area (Å²) in [5.74, 6) is -0.725. The Balaban J connectivity index is 2.04. The minimum atomic E-state index is -0.396. The Morgan fingerprint density at radius 2 is 1.75 bits per heavy atom. The summed E-state index contributed by atoms with van der Waals surface area (Å²) in [6, 6.07) is 5.79. The molecule has 1 fully saturated rings. The Labute approximate surface area is 144 Å². The molecule has 0 saturated heterocycles. The maximum atomic E-state index is 12.6. The molecule has 0 N–H and O–H groups in total. The fraction of sp³-hybridized carbons (Fsp3) is 0.600. The number of ether oxygens (including phenoxy) is 2. The molecule has 0 aliphatic heterocycles. The number of unbranched alkanes of at least 4 members (excludes halogenated alkanes) is 1. The molecule has 0 amide bonds. The van der Waals surface area contributed by atoms with Crippen LogP contribution in [-0.2, 0) is 14.3 Å². The van der Waals surface area contributed by atoms with E-state index < -0.39 is 5.92 Å². The van der Waals surface area contributed by atoms with Crippen LogP contribution in [0.2, 0.25) is 0 Å². The smallest absolute Gasteiger partial charge is 0.315 e. The predicted octanol–water partition coefficient (Wildman–Crippen LogP) is 4.36. The predicted molar refractivity (Wildman–Crippen MR) is 92.9 cm³/mol. The van der Waals surface area contributed by atoms with Gasteiger partial charge in [-0.15, -0.1) is 0 Å². The quantitative estimate of drug-likeness (QED) is 0.441. The van der Waals surface area contributed by atoms with Gasteiger partial charge in [-0.25, -0.2) is 0 Å². The molecule has 2 unspecified atom stereocenters. The SMILES string of the molecule is CCCCOC(=O)C1CCCCC1C(=O)Oc1cc(C)ccc1C. The van der Waals surface area contributed by atoms with Crippen LogP contribution in [0, 0.1) is 25.7 Å². The van der Waals surface area contributed by atoms with E-state index in [0.717, 1.165) is 36.8 Å². The van der Waals surface area contributed by atoms with Crippen LogP contribution in [0.4, 0.5) is 0 Å². The zero-order valence-corrected chi connectivity index (χ0v) is 15.0. The largest absolute Gasteiger partial charge is 0.465 e. The lowest BCUT2D eigenvalue weighted by Gasteiger charge is -2.28. The molecule has 1 aliphatic rings. The summed E-state index contributed by atoms with van der Waals surface area (Å²) in [6.07, 6.45) is 5.15. The van der Waals surface area contributed by atoms with Crippen molar-refractivity contribution in [3.05, 3.63) is 29.3 Å². The lowest BCUT2D eigenvalue weighted by atomic mass is 9.79. The standard InChI is InChI=1S/C20H28O4/c1-4-5-12-23-19(21)16-8-6-7-9-17(16)20(22)24-18-13-14(2)10-11-15(18)3/h10-11,13,16-17H,4-9,12H2,1-3H3. The molecule has 2 atom stereocenters. The molecule has 1 aromatic rings. The van der Waals surface area contributed by atoms with E-state index in [1.807, 2.05) is 32.0 Å². The normalized spacial score (nSPS) is 20.5. The molecule has 1 saturated carbocycles. The molecule has 0 aromatic heterocycles. The minimum Gasteiger partial charge on any atom is -0.465 e. The number of esters is 2. The number of carbonyl (C=O) groups is 2. The van der Waals surface area contributed by atoms with Crippen LogP contribution in [0.25, 0.3) is 0 Å². The Morgan fingerprint density at radius 3 is 2.42 bits per heavy atom. The van der Waals surface area contributed by atoms with Gasteiger partial charge in [-0.2, -0.15) is 0 Å². The number of aryl methyl sites for hydroxylation is 2. The third-order valence-electron chi connectivity index (χ3n) is 4.67. The Bertz CT molecular complexity index is 579. The molecule has 0 heterocycles. The van der Waals surface area contributed by atoms with Crippen molar-refractivity contribution in [2.24, 2.45) is 11.8 Å². The maximum absolute atomic E-state index is 12.6. The van der Waals surface area contributed by atoms with Gasteiger partial charge in [-0.1, -0.05) is 38.3 Å². The van der Waals surface area contributed by atoms with Crippen LogP contribution in [-0.4, -0.2) is 18.5 Å². The van der Waals surface area contributed by atoms with Gasteiger partial charge >= 0.3 is 11.9 Å². The van der Waals surface area contributed by atoms with E-state index in [-0.39, 0.29) is 17.9 Å². The zero-order valence-electron chi connectivity index (χ0n) is 15.0. The zero-order chi connectivity index (χ0) is 17.5. The van der Waals surface area contributed by atoms with Gasteiger partial charge in [0.15, 0.2) is 0 Å². The average molecular weight is 332 g/mol. The molecule has 2 rings (SSSR count). The van der Waals surface area contributed by atoms with Gasteiger partial charge in [-0.3, -0.25) is 9.59 Å². The van der Waals surface area contributed by atoms with E-state index in [1.54, 1.807) is 0 Å². The Kier molecular flexibility index (Phi) is 6.83. The highest BCUT2D eigenvalue weighted by molar-refractivity contribution is 5.83. The van der Waals surface area contributed by atoms with E-state index in [9.17, 15) is 9.59 Å². The van der Waals surface area contributed by atoms with Gasteiger partial charge in [-0.05, 0) is 50.3 Å². The first kappa shape index (κ1) is 18.5. The van der Waals surface area contributed by atoms with Gasteiger partial charge in [0, 0.05) is 0 Å². The molecule has 0 spiro atoms. The Morgan fingerprint density at radius 1 is 1.08 bits per heavy atom. The second-order valence-electron chi connectivity index (χ2n) is 6.71. The van der Waals surface area contributed by atoms with Gasteiger partial charge < -0.3 is 9.47 Å². The average Bonchev–Trinajstić information content (AvgIpc) is 2.58. The van der Waals surface area contributed by atoms with Gasteiger partial charge in [0.2, 0.25) is 0 Å². The summed E-state index contributed by atoms with van der Waals surface area (Å²) in [4.78, 5) is 25.0. The highest BCUT2D eigenvalue weighted by Crippen LogP contribution is 2.33. The van der Waals surface area contributed by atoms with Crippen molar-refractivity contribution in [1.29, 1.82) is 0 Å². The number of carbonyl (C=O) groups excluding carboxylic acids is 2. The molecule has 1 aromatic carbocycles. The van der Waals surface area contributed by atoms with Crippen LogP contribution in [0.3, 0.4) is 0 Å². The summed E-state index contributed by atoms with van der Waals surface area (Å²) in [5, 5.41) is 0. The molecule has 0 bridgehead atoms. The molecule has 4 nitrogen and oxygen atoms in total. The van der Waals surface area contributed by atoms with E-state index in [0.29, 0.717) is 25.2 Å². The first-order valence-electron chi connectivity index (χ1n) is 8.98. The van der Waals surface area contributed by atoms with Crippen molar-refractivity contribution in [3.63, 3.8) is 0 Å². The van der Waals surface area contributed by atoms with E-state index in [4.69, 9.17) is 9.47 Å². The van der Waals surface area contributed by atoms with E-state index in [2.05, 4.69) is 6.92 Å². The van der Waals surface area contributed by atoms with E-state index in [1.165, 1.54) is 0 Å². The van der Waals surface area contributed by atoms with Crippen LogP contribution in [0.15, 0.2) is 18.2 Å².